The van der Waals surface area contributed by atoms with E-state index >= 15 is 0 Å². The van der Waals surface area contributed by atoms with Crippen molar-refractivity contribution >= 4 is 11.4 Å². The van der Waals surface area contributed by atoms with Gasteiger partial charge in [0.05, 0.1) is 37.4 Å². The molecule has 0 aromatic carbocycles. The highest BCUT2D eigenvalue weighted by Crippen LogP contribution is 2.54. The van der Waals surface area contributed by atoms with Gasteiger partial charge in [0.25, 0.3) is 0 Å². The third-order valence-electron chi connectivity index (χ3n) is 7.17. The molecular weight excluding hydrogens is 362 g/mol. The monoisotopic (exact) mass is 391 g/mol. The Morgan fingerprint density at radius 1 is 1.19 bits per heavy atom. The second kappa shape index (κ2) is 6.59. The van der Waals surface area contributed by atoms with E-state index < -0.39 is 11.4 Å². The van der Waals surface area contributed by atoms with Crippen LogP contribution in [0.4, 0.5) is 0 Å². The van der Waals surface area contributed by atoms with Crippen LogP contribution < -0.4 is 4.74 Å². The molecule has 4 fully saturated rings. The van der Waals surface area contributed by atoms with E-state index in [9.17, 15) is 4.55 Å². The first-order valence-electron chi connectivity index (χ1n) is 10.0. The van der Waals surface area contributed by atoms with E-state index in [1.54, 1.807) is 13.2 Å². The van der Waals surface area contributed by atoms with E-state index in [0.717, 1.165) is 42.9 Å². The largest absolute Gasteiger partial charge is 0.593 e. The number of aryl methyl sites for hydroxylation is 1. The van der Waals surface area contributed by atoms with Crippen LogP contribution in [0.3, 0.4) is 0 Å². The van der Waals surface area contributed by atoms with Crippen LogP contribution >= 0.6 is 0 Å². The van der Waals surface area contributed by atoms with Gasteiger partial charge in [-0.2, -0.15) is 0 Å². The average Bonchev–Trinajstić information content (AvgIpc) is 2.57. The van der Waals surface area contributed by atoms with Gasteiger partial charge in [-0.3, -0.25) is 4.90 Å². The van der Waals surface area contributed by atoms with Gasteiger partial charge >= 0.3 is 0 Å². The van der Waals surface area contributed by atoms with Gasteiger partial charge in [0.15, 0.2) is 4.90 Å². The Hall–Kier alpha value is -0.860. The quantitative estimate of drug-likeness (QED) is 0.732. The molecule has 1 aliphatic carbocycles. The first kappa shape index (κ1) is 18.2. The fraction of sp³-hybridized carbons (Fsp3) is 0.750. The lowest BCUT2D eigenvalue weighted by Crippen LogP contribution is -2.70. The molecule has 3 aliphatic heterocycles. The maximum absolute atomic E-state index is 13.0. The number of nitrogens with zero attached hydrogens (tertiary/aromatic N) is 3. The first-order valence-corrected chi connectivity index (χ1v) is 11.1. The summed E-state index contributed by atoms with van der Waals surface area (Å²) in [6.07, 6.45) is 4.99. The van der Waals surface area contributed by atoms with Crippen molar-refractivity contribution in [3.63, 3.8) is 0 Å². The fourth-order valence-corrected chi connectivity index (χ4v) is 6.62. The summed E-state index contributed by atoms with van der Waals surface area (Å²) in [6.45, 7) is 8.18. The minimum Gasteiger partial charge on any atom is -0.593 e. The lowest BCUT2D eigenvalue weighted by atomic mass is 9.59. The molecule has 3 saturated heterocycles. The van der Waals surface area contributed by atoms with Crippen molar-refractivity contribution < 1.29 is 14.0 Å². The maximum Gasteiger partial charge on any atom is 0.213 e. The van der Waals surface area contributed by atoms with Crippen LogP contribution in [0.2, 0.25) is 0 Å². The summed E-state index contributed by atoms with van der Waals surface area (Å²) >= 11 is -1.12. The molecule has 0 bridgehead atoms. The van der Waals surface area contributed by atoms with E-state index in [1.165, 1.54) is 38.8 Å². The van der Waals surface area contributed by atoms with Crippen molar-refractivity contribution in [1.82, 2.24) is 14.2 Å². The number of rotatable bonds is 4. The van der Waals surface area contributed by atoms with Crippen molar-refractivity contribution in [3.05, 3.63) is 17.8 Å². The highest BCUT2D eigenvalue weighted by atomic mass is 32.2. The molecule has 0 amide bonds. The molecule has 0 radical (unpaired) electrons. The number of likely N-dealkylation sites (tertiary alicyclic amines) is 1. The molecule has 148 valence electrons. The van der Waals surface area contributed by atoms with Crippen LogP contribution in [0, 0.1) is 17.8 Å². The molecule has 1 atom stereocenters. The lowest BCUT2D eigenvalue weighted by molar-refractivity contribution is -0.215. The predicted octanol–water partition coefficient (Wildman–Crippen LogP) is 2.00. The van der Waals surface area contributed by atoms with Gasteiger partial charge in [-0.15, -0.1) is 4.31 Å². The molecule has 5 rings (SSSR count). The number of hydrogen-bond acceptors (Lipinski definition) is 6. The minimum absolute atomic E-state index is 0.497. The highest BCUT2D eigenvalue weighted by molar-refractivity contribution is 7.89. The van der Waals surface area contributed by atoms with Crippen molar-refractivity contribution in [2.45, 2.75) is 43.5 Å². The zero-order chi connectivity index (χ0) is 18.6. The minimum atomic E-state index is -1.12. The van der Waals surface area contributed by atoms with Gasteiger partial charge in [0, 0.05) is 49.8 Å². The summed E-state index contributed by atoms with van der Waals surface area (Å²) < 4.78 is 25.7. The summed E-state index contributed by atoms with van der Waals surface area (Å²) in [5.74, 6) is 0.576. The molecule has 1 unspecified atom stereocenters. The molecule has 1 saturated carbocycles. The molecule has 7 heteroatoms. The van der Waals surface area contributed by atoms with Crippen molar-refractivity contribution in [1.29, 1.82) is 0 Å². The molecule has 27 heavy (non-hydrogen) atoms. The Kier molecular flexibility index (Phi) is 4.44. The maximum atomic E-state index is 13.0. The number of ether oxygens (including phenoxy) is 2. The Morgan fingerprint density at radius 3 is 2.44 bits per heavy atom. The van der Waals surface area contributed by atoms with E-state index in [4.69, 9.17) is 9.47 Å². The van der Waals surface area contributed by atoms with E-state index in [2.05, 4.69) is 14.2 Å². The standard InChI is InChI=1S/C20H29N3O3S/c1-15-17(3-4-18(21-15)25-2)27(24)23-7-5-19(6-8-23)9-16(10-19)22-11-20(12-22)13-26-14-20/h3-4,16H,5-14H2,1-2H3. The van der Waals surface area contributed by atoms with Crippen LogP contribution in [-0.2, 0) is 16.1 Å². The SMILES string of the molecule is COc1ccc([S+]([O-])N2CCC3(CC2)CC(N2CC4(COC4)C2)C3)c(C)n1. The highest BCUT2D eigenvalue weighted by Gasteiger charge is 2.56. The van der Waals surface area contributed by atoms with Crippen molar-refractivity contribution in [2.24, 2.45) is 10.8 Å². The van der Waals surface area contributed by atoms with Gasteiger partial charge in [0.1, 0.15) is 0 Å². The molecule has 2 spiro atoms. The molecule has 0 N–H and O–H groups in total. The Bertz CT molecular complexity index is 702. The zero-order valence-corrected chi connectivity index (χ0v) is 17.1. The van der Waals surface area contributed by atoms with Crippen molar-refractivity contribution in [3.8, 4) is 5.88 Å². The van der Waals surface area contributed by atoms with Crippen LogP contribution in [0.5, 0.6) is 5.88 Å². The molecule has 1 aromatic heterocycles. The Labute approximate surface area is 164 Å². The van der Waals surface area contributed by atoms with Crippen LogP contribution in [-0.4, -0.2) is 71.3 Å². The normalized spacial score (nSPS) is 28.4. The number of methoxy groups -OCH3 is 1. The second-order valence-electron chi connectivity index (χ2n) is 9.08. The second-order valence-corrected chi connectivity index (χ2v) is 10.5. The summed E-state index contributed by atoms with van der Waals surface area (Å²) in [5.41, 5.74) is 1.81. The van der Waals surface area contributed by atoms with Gasteiger partial charge in [0.2, 0.25) is 5.88 Å². The van der Waals surface area contributed by atoms with Crippen LogP contribution in [0.1, 0.15) is 31.4 Å². The molecule has 4 heterocycles. The molecule has 1 aromatic rings. The number of aromatic nitrogens is 1. The fourth-order valence-electron chi connectivity index (χ4n) is 5.34. The van der Waals surface area contributed by atoms with E-state index in [-0.39, 0.29) is 0 Å². The summed E-state index contributed by atoms with van der Waals surface area (Å²) in [6, 6.07) is 4.47. The smallest absolute Gasteiger partial charge is 0.213 e. The Morgan fingerprint density at radius 2 is 1.89 bits per heavy atom. The van der Waals surface area contributed by atoms with E-state index in [0.29, 0.717) is 16.7 Å². The van der Waals surface area contributed by atoms with Gasteiger partial charge in [-0.05, 0) is 38.0 Å². The molecule has 6 nitrogen and oxygen atoms in total. The third kappa shape index (κ3) is 3.08. The lowest BCUT2D eigenvalue weighted by Gasteiger charge is -2.63. The van der Waals surface area contributed by atoms with Gasteiger partial charge < -0.3 is 14.0 Å². The third-order valence-corrected chi connectivity index (χ3v) is 8.82. The van der Waals surface area contributed by atoms with Crippen molar-refractivity contribution in [2.75, 3.05) is 46.5 Å². The van der Waals surface area contributed by atoms with Gasteiger partial charge in [-0.25, -0.2) is 4.98 Å². The zero-order valence-electron chi connectivity index (χ0n) is 16.3. The van der Waals surface area contributed by atoms with Crippen LogP contribution in [0.15, 0.2) is 17.0 Å². The molecule has 4 aliphatic rings. The Balaban J connectivity index is 1.13. The summed E-state index contributed by atoms with van der Waals surface area (Å²) in [4.78, 5) is 7.86. The predicted molar refractivity (Wildman–Crippen MR) is 103 cm³/mol. The topological polar surface area (TPSA) is 60.9 Å². The van der Waals surface area contributed by atoms with Gasteiger partial charge in [-0.1, -0.05) is 0 Å². The summed E-state index contributed by atoms with van der Waals surface area (Å²) in [5, 5.41) is 0. The summed E-state index contributed by atoms with van der Waals surface area (Å²) in [7, 11) is 1.61. The van der Waals surface area contributed by atoms with Crippen LogP contribution in [0.25, 0.3) is 0 Å². The first-order chi connectivity index (χ1) is 13.0. The number of pyridine rings is 1. The average molecular weight is 392 g/mol. The number of piperidine rings is 1. The van der Waals surface area contributed by atoms with E-state index in [1.807, 2.05) is 13.0 Å². The molecular formula is C20H29N3O3S. The number of hydrogen-bond donors (Lipinski definition) is 0.